The minimum atomic E-state index is 0.242. The first kappa shape index (κ1) is 15.8. The Morgan fingerprint density at radius 1 is 1.26 bits per heavy atom. The van der Waals surface area contributed by atoms with Crippen molar-refractivity contribution in [2.75, 3.05) is 33.9 Å². The van der Waals surface area contributed by atoms with Gasteiger partial charge in [0.25, 0.3) is 0 Å². The van der Waals surface area contributed by atoms with Gasteiger partial charge in [-0.2, -0.15) is 0 Å². The lowest BCUT2D eigenvalue weighted by Crippen LogP contribution is -2.26. The standard InChI is InChI=1S/C15H25NO3/c1-4-12(11-17)10-16-8-7-13-9-14(18-2)5-6-15(13)19-3/h5-6,9,12,16-17H,4,7-8,10-11H2,1-3H3. The van der Waals surface area contributed by atoms with Crippen LogP contribution in [0.4, 0.5) is 0 Å². The zero-order valence-corrected chi connectivity index (χ0v) is 12.1. The van der Waals surface area contributed by atoms with Gasteiger partial charge in [-0.3, -0.25) is 0 Å². The zero-order chi connectivity index (χ0) is 14.1. The van der Waals surface area contributed by atoms with Crippen molar-refractivity contribution in [3.63, 3.8) is 0 Å². The fourth-order valence-corrected chi connectivity index (χ4v) is 1.94. The van der Waals surface area contributed by atoms with Crippen molar-refractivity contribution in [3.05, 3.63) is 23.8 Å². The van der Waals surface area contributed by atoms with E-state index in [-0.39, 0.29) is 6.61 Å². The maximum absolute atomic E-state index is 9.12. The third kappa shape index (κ3) is 5.09. The van der Waals surface area contributed by atoms with E-state index in [9.17, 15) is 0 Å². The number of rotatable bonds is 9. The van der Waals surface area contributed by atoms with E-state index in [1.54, 1.807) is 14.2 Å². The number of hydrogen-bond acceptors (Lipinski definition) is 4. The van der Waals surface area contributed by atoms with Crippen LogP contribution in [0.3, 0.4) is 0 Å². The number of methoxy groups -OCH3 is 2. The van der Waals surface area contributed by atoms with E-state index in [4.69, 9.17) is 14.6 Å². The van der Waals surface area contributed by atoms with Gasteiger partial charge in [-0.15, -0.1) is 0 Å². The summed E-state index contributed by atoms with van der Waals surface area (Å²) in [6.45, 7) is 4.04. The molecule has 0 saturated heterocycles. The number of aliphatic hydroxyl groups excluding tert-OH is 1. The number of benzene rings is 1. The molecule has 1 atom stereocenters. The highest BCUT2D eigenvalue weighted by Gasteiger charge is 2.06. The third-order valence-electron chi connectivity index (χ3n) is 3.33. The molecule has 0 amide bonds. The second-order valence-electron chi connectivity index (χ2n) is 4.59. The summed E-state index contributed by atoms with van der Waals surface area (Å²) in [5.74, 6) is 2.07. The molecule has 0 bridgehead atoms. The highest BCUT2D eigenvalue weighted by molar-refractivity contribution is 5.40. The van der Waals surface area contributed by atoms with Crippen LogP contribution in [0.15, 0.2) is 18.2 Å². The van der Waals surface area contributed by atoms with E-state index >= 15 is 0 Å². The number of nitrogens with one attached hydrogen (secondary N) is 1. The fourth-order valence-electron chi connectivity index (χ4n) is 1.94. The van der Waals surface area contributed by atoms with Gasteiger partial charge in [-0.05, 0) is 49.1 Å². The van der Waals surface area contributed by atoms with E-state index in [1.165, 1.54) is 0 Å². The van der Waals surface area contributed by atoms with Gasteiger partial charge in [0.2, 0.25) is 0 Å². The predicted molar refractivity (Wildman–Crippen MR) is 77.0 cm³/mol. The summed E-state index contributed by atoms with van der Waals surface area (Å²) in [7, 11) is 3.34. The molecule has 0 saturated carbocycles. The van der Waals surface area contributed by atoms with Crippen molar-refractivity contribution < 1.29 is 14.6 Å². The van der Waals surface area contributed by atoms with Crippen LogP contribution in [0, 0.1) is 5.92 Å². The number of ether oxygens (including phenoxy) is 2. The van der Waals surface area contributed by atoms with Gasteiger partial charge in [0.05, 0.1) is 14.2 Å². The molecule has 4 heteroatoms. The molecular formula is C15H25NO3. The maximum Gasteiger partial charge on any atom is 0.122 e. The van der Waals surface area contributed by atoms with E-state index < -0.39 is 0 Å². The van der Waals surface area contributed by atoms with Gasteiger partial charge in [0.1, 0.15) is 11.5 Å². The highest BCUT2D eigenvalue weighted by atomic mass is 16.5. The number of hydrogen-bond donors (Lipinski definition) is 2. The number of aliphatic hydroxyl groups is 1. The molecule has 1 aromatic rings. The van der Waals surface area contributed by atoms with Crippen molar-refractivity contribution >= 4 is 0 Å². The smallest absolute Gasteiger partial charge is 0.122 e. The molecule has 2 N–H and O–H groups in total. The quantitative estimate of drug-likeness (QED) is 0.671. The van der Waals surface area contributed by atoms with Crippen LogP contribution in [-0.4, -0.2) is 39.0 Å². The Hall–Kier alpha value is -1.26. The summed E-state index contributed by atoms with van der Waals surface area (Å²) in [5.41, 5.74) is 1.13. The van der Waals surface area contributed by atoms with Gasteiger partial charge in [-0.1, -0.05) is 6.92 Å². The lowest BCUT2D eigenvalue weighted by molar-refractivity contribution is 0.219. The molecule has 1 unspecified atom stereocenters. The van der Waals surface area contributed by atoms with Crippen LogP contribution in [-0.2, 0) is 6.42 Å². The molecule has 0 aliphatic heterocycles. The summed E-state index contributed by atoms with van der Waals surface area (Å²) < 4.78 is 10.6. The fraction of sp³-hybridized carbons (Fsp3) is 0.600. The Morgan fingerprint density at radius 3 is 2.63 bits per heavy atom. The summed E-state index contributed by atoms with van der Waals surface area (Å²) in [6, 6.07) is 5.83. The Kier molecular flexibility index (Phi) is 7.30. The SMILES string of the molecule is CCC(CO)CNCCc1cc(OC)ccc1OC. The molecule has 0 heterocycles. The van der Waals surface area contributed by atoms with Crippen LogP contribution >= 0.6 is 0 Å². The summed E-state index contributed by atoms with van der Waals surface area (Å²) >= 11 is 0. The van der Waals surface area contributed by atoms with Crippen LogP contribution in [0.1, 0.15) is 18.9 Å². The first-order valence-corrected chi connectivity index (χ1v) is 6.77. The van der Waals surface area contributed by atoms with E-state index in [0.717, 1.165) is 43.0 Å². The van der Waals surface area contributed by atoms with E-state index in [1.807, 2.05) is 18.2 Å². The van der Waals surface area contributed by atoms with Crippen molar-refractivity contribution in [2.45, 2.75) is 19.8 Å². The lowest BCUT2D eigenvalue weighted by atomic mass is 10.1. The molecule has 1 rings (SSSR count). The van der Waals surface area contributed by atoms with Crippen molar-refractivity contribution in [1.82, 2.24) is 5.32 Å². The van der Waals surface area contributed by atoms with Crippen molar-refractivity contribution in [2.24, 2.45) is 5.92 Å². The average molecular weight is 267 g/mol. The average Bonchev–Trinajstić information content (AvgIpc) is 2.47. The molecule has 0 aromatic heterocycles. The van der Waals surface area contributed by atoms with E-state index in [2.05, 4.69) is 12.2 Å². The lowest BCUT2D eigenvalue weighted by Gasteiger charge is -2.14. The highest BCUT2D eigenvalue weighted by Crippen LogP contribution is 2.24. The Balaban J connectivity index is 2.47. The van der Waals surface area contributed by atoms with Gasteiger partial charge in [-0.25, -0.2) is 0 Å². The molecule has 19 heavy (non-hydrogen) atoms. The molecule has 108 valence electrons. The largest absolute Gasteiger partial charge is 0.497 e. The summed E-state index contributed by atoms with van der Waals surface area (Å²) in [6.07, 6.45) is 1.87. The van der Waals surface area contributed by atoms with E-state index in [0.29, 0.717) is 5.92 Å². The normalized spacial score (nSPS) is 12.2. The topological polar surface area (TPSA) is 50.7 Å². The molecule has 0 aliphatic rings. The zero-order valence-electron chi connectivity index (χ0n) is 12.1. The minimum absolute atomic E-state index is 0.242. The summed E-state index contributed by atoms with van der Waals surface area (Å²) in [4.78, 5) is 0. The van der Waals surface area contributed by atoms with Crippen LogP contribution in [0.2, 0.25) is 0 Å². The Morgan fingerprint density at radius 2 is 2.05 bits per heavy atom. The van der Waals surface area contributed by atoms with Crippen LogP contribution < -0.4 is 14.8 Å². The predicted octanol–water partition coefficient (Wildman–Crippen LogP) is 1.85. The molecule has 0 radical (unpaired) electrons. The van der Waals surface area contributed by atoms with Gasteiger partial charge >= 0.3 is 0 Å². The van der Waals surface area contributed by atoms with Gasteiger partial charge < -0.3 is 19.9 Å². The second-order valence-corrected chi connectivity index (χ2v) is 4.59. The molecular weight excluding hydrogens is 242 g/mol. The second kappa shape index (κ2) is 8.77. The molecule has 0 spiro atoms. The van der Waals surface area contributed by atoms with Crippen molar-refractivity contribution in [3.8, 4) is 11.5 Å². The first-order valence-electron chi connectivity index (χ1n) is 6.77. The summed E-state index contributed by atoms with van der Waals surface area (Å²) in [5, 5.41) is 12.5. The molecule has 1 aromatic carbocycles. The van der Waals surface area contributed by atoms with Gasteiger partial charge in [0, 0.05) is 13.2 Å². The van der Waals surface area contributed by atoms with Crippen LogP contribution in [0.5, 0.6) is 11.5 Å². The molecule has 4 nitrogen and oxygen atoms in total. The Labute approximate surface area is 115 Å². The van der Waals surface area contributed by atoms with Gasteiger partial charge in [0.15, 0.2) is 0 Å². The maximum atomic E-state index is 9.12. The molecule has 0 fully saturated rings. The van der Waals surface area contributed by atoms with Crippen LogP contribution in [0.25, 0.3) is 0 Å². The third-order valence-corrected chi connectivity index (χ3v) is 3.33. The monoisotopic (exact) mass is 267 g/mol. The Bertz CT molecular complexity index is 364. The first-order chi connectivity index (χ1) is 9.24. The van der Waals surface area contributed by atoms with Crippen molar-refractivity contribution in [1.29, 1.82) is 0 Å². The minimum Gasteiger partial charge on any atom is -0.497 e. The molecule has 0 aliphatic carbocycles.